The molecule has 1 aliphatic heterocycles. The van der Waals surface area contributed by atoms with Crippen LogP contribution in [-0.2, 0) is 23.1 Å². The maximum absolute atomic E-state index is 12.9. The van der Waals surface area contributed by atoms with Crippen LogP contribution in [0.4, 0.5) is 5.69 Å². The van der Waals surface area contributed by atoms with Gasteiger partial charge in [-0.05, 0) is 64.9 Å². The molecular formula is C35H37Cl2N5O5. The molecule has 0 spiro atoms. The van der Waals surface area contributed by atoms with Crippen LogP contribution in [0.1, 0.15) is 49.5 Å². The highest BCUT2D eigenvalue weighted by Gasteiger charge is 2.29. The van der Waals surface area contributed by atoms with Crippen molar-refractivity contribution >= 4 is 40.8 Å². The first-order valence-corrected chi connectivity index (χ1v) is 16.0. The summed E-state index contributed by atoms with van der Waals surface area (Å²) in [5, 5.41) is 7.28. The van der Waals surface area contributed by atoms with Crippen molar-refractivity contribution in [1.82, 2.24) is 19.7 Å². The topological polar surface area (TPSA) is 116 Å². The third-order valence-electron chi connectivity index (χ3n) is 7.92. The molecule has 10 nitrogen and oxygen atoms in total. The average molecular weight is 679 g/mol. The Bertz CT molecular complexity index is 1860. The van der Waals surface area contributed by atoms with Gasteiger partial charge in [0.1, 0.15) is 11.2 Å². The van der Waals surface area contributed by atoms with Crippen molar-refractivity contribution in [3.8, 4) is 28.3 Å². The summed E-state index contributed by atoms with van der Waals surface area (Å²) in [6.07, 6.45) is 2.85. The van der Waals surface area contributed by atoms with Crippen molar-refractivity contribution in [2.24, 2.45) is 13.0 Å². The van der Waals surface area contributed by atoms with E-state index in [0.717, 1.165) is 36.2 Å². The number of benzene rings is 2. The van der Waals surface area contributed by atoms with Gasteiger partial charge in [0, 0.05) is 42.0 Å². The Morgan fingerprint density at radius 3 is 2.30 bits per heavy atom. The zero-order valence-corrected chi connectivity index (χ0v) is 28.5. The minimum absolute atomic E-state index is 0.0576. The van der Waals surface area contributed by atoms with E-state index in [-0.39, 0.29) is 22.5 Å². The number of hydrogen-bond donors (Lipinski definition) is 1. The Labute approximate surface area is 283 Å². The molecule has 2 aromatic heterocycles. The fraction of sp³-hybridized carbons (Fsp3) is 0.343. The molecular weight excluding hydrogens is 641 g/mol. The molecule has 0 radical (unpaired) electrons. The number of aryl methyl sites for hydroxylation is 1. The third kappa shape index (κ3) is 7.84. The molecule has 246 valence electrons. The second kappa shape index (κ2) is 14.3. The van der Waals surface area contributed by atoms with E-state index in [2.05, 4.69) is 15.3 Å². The first-order valence-electron chi connectivity index (χ1n) is 15.3. The zero-order valence-electron chi connectivity index (χ0n) is 27.0. The summed E-state index contributed by atoms with van der Waals surface area (Å²) in [6, 6.07) is 16.0. The number of pyridine rings is 1. The smallest absolute Gasteiger partial charge is 0.309 e. The van der Waals surface area contributed by atoms with Gasteiger partial charge in [-0.1, -0.05) is 59.6 Å². The van der Waals surface area contributed by atoms with Crippen LogP contribution in [0.2, 0.25) is 10.0 Å². The van der Waals surface area contributed by atoms with Gasteiger partial charge in [0.2, 0.25) is 5.88 Å². The Balaban J connectivity index is 1.34. The van der Waals surface area contributed by atoms with Crippen LogP contribution >= 0.6 is 23.2 Å². The lowest BCUT2D eigenvalue weighted by molar-refractivity contribution is -0.161. The Morgan fingerprint density at radius 1 is 0.957 bits per heavy atom. The minimum Gasteiger partial charge on any atom is -0.481 e. The summed E-state index contributed by atoms with van der Waals surface area (Å²) in [7, 11) is 3.06. The summed E-state index contributed by atoms with van der Waals surface area (Å²) in [4.78, 5) is 44.9. The van der Waals surface area contributed by atoms with Crippen molar-refractivity contribution in [2.45, 2.75) is 45.8 Å². The lowest BCUT2D eigenvalue weighted by Crippen LogP contribution is -2.38. The molecule has 5 rings (SSSR count). The Hall–Kier alpha value is -4.25. The van der Waals surface area contributed by atoms with Gasteiger partial charge >= 0.3 is 5.97 Å². The second-order valence-corrected chi connectivity index (χ2v) is 13.2. The van der Waals surface area contributed by atoms with Crippen molar-refractivity contribution < 1.29 is 19.1 Å². The number of rotatable bonds is 8. The molecule has 47 heavy (non-hydrogen) atoms. The first kappa shape index (κ1) is 34.1. The van der Waals surface area contributed by atoms with Gasteiger partial charge in [-0.15, -0.1) is 0 Å². The van der Waals surface area contributed by atoms with Gasteiger partial charge in [0.05, 0.1) is 34.5 Å². The zero-order chi connectivity index (χ0) is 33.9. The number of methoxy groups -OCH3 is 1. The maximum Gasteiger partial charge on any atom is 0.309 e. The maximum atomic E-state index is 12.9. The van der Waals surface area contributed by atoms with Gasteiger partial charge in [0.25, 0.3) is 11.5 Å². The average Bonchev–Trinajstić information content (AvgIpc) is 3.03. The summed E-state index contributed by atoms with van der Waals surface area (Å²) in [6.45, 7) is 7.82. The summed E-state index contributed by atoms with van der Waals surface area (Å²) >= 11 is 13.8. The van der Waals surface area contributed by atoms with E-state index < -0.39 is 17.1 Å². The highest BCUT2D eigenvalue weighted by Crippen LogP contribution is 2.41. The molecule has 1 fully saturated rings. The SMILES string of the molecule is COc1nc(-c2cccc(-c3cccc(NC(=O)c4ccnn(C)c4=O)c3Cl)c2Cl)ccc1CN1CCC(C(=O)OC(C)(C)C)CC1. The van der Waals surface area contributed by atoms with E-state index in [0.29, 0.717) is 45.5 Å². The molecule has 1 amide bonds. The van der Waals surface area contributed by atoms with E-state index in [1.807, 2.05) is 51.1 Å². The van der Waals surface area contributed by atoms with Crippen LogP contribution in [0, 0.1) is 5.92 Å². The van der Waals surface area contributed by atoms with Crippen molar-refractivity contribution in [1.29, 1.82) is 0 Å². The van der Waals surface area contributed by atoms with E-state index in [4.69, 9.17) is 37.7 Å². The van der Waals surface area contributed by atoms with Crippen molar-refractivity contribution in [2.75, 3.05) is 25.5 Å². The largest absolute Gasteiger partial charge is 0.481 e. The van der Waals surface area contributed by atoms with Crippen LogP contribution in [-0.4, -0.2) is 57.3 Å². The Morgan fingerprint density at radius 2 is 1.62 bits per heavy atom. The van der Waals surface area contributed by atoms with Crippen LogP contribution in [0.5, 0.6) is 5.88 Å². The highest BCUT2D eigenvalue weighted by atomic mass is 35.5. The standard InChI is InChI=1S/C35H37Cl2N5O5/c1-35(2,3)47-34(45)21-15-18-42(19-16-21)20-22-12-13-27(40-32(22)46-5)25-10-6-8-23(29(25)36)24-9-7-11-28(30(24)37)39-31(43)26-14-17-38-41(4)33(26)44/h6-14,17,21H,15-16,18-20H2,1-5H3,(H,39,43). The highest BCUT2D eigenvalue weighted by molar-refractivity contribution is 6.39. The predicted octanol–water partition coefficient (Wildman–Crippen LogP) is 6.63. The lowest BCUT2D eigenvalue weighted by Gasteiger charge is -2.32. The number of carbonyl (C=O) groups is 2. The number of aromatic nitrogens is 3. The molecule has 1 aliphatic rings. The lowest BCUT2D eigenvalue weighted by atomic mass is 9.96. The summed E-state index contributed by atoms with van der Waals surface area (Å²) in [5.41, 5.74) is 2.72. The number of likely N-dealkylation sites (tertiary alicyclic amines) is 1. The number of ether oxygens (including phenoxy) is 2. The molecule has 1 N–H and O–H groups in total. The van der Waals surface area contributed by atoms with Crippen LogP contribution in [0.15, 0.2) is 65.6 Å². The minimum atomic E-state index is -0.601. The number of hydrogen-bond acceptors (Lipinski definition) is 8. The number of nitrogens with zero attached hydrogens (tertiary/aromatic N) is 4. The molecule has 0 bridgehead atoms. The fourth-order valence-corrected chi connectivity index (χ4v) is 6.11. The summed E-state index contributed by atoms with van der Waals surface area (Å²) < 4.78 is 12.4. The molecule has 1 saturated heterocycles. The number of piperidine rings is 1. The molecule has 2 aromatic carbocycles. The van der Waals surface area contributed by atoms with Gasteiger partial charge in [-0.2, -0.15) is 5.10 Å². The predicted molar refractivity (Wildman–Crippen MR) is 183 cm³/mol. The van der Waals surface area contributed by atoms with Gasteiger partial charge < -0.3 is 14.8 Å². The van der Waals surface area contributed by atoms with Crippen molar-refractivity contribution in [3.05, 3.63) is 92.3 Å². The van der Waals surface area contributed by atoms with E-state index in [1.54, 1.807) is 25.3 Å². The molecule has 0 atom stereocenters. The van der Waals surface area contributed by atoms with E-state index in [1.165, 1.54) is 19.3 Å². The summed E-state index contributed by atoms with van der Waals surface area (Å²) in [5.74, 6) is -0.336. The molecule has 4 aromatic rings. The third-order valence-corrected chi connectivity index (χ3v) is 8.73. The first-order chi connectivity index (χ1) is 22.4. The Kier molecular flexibility index (Phi) is 10.3. The van der Waals surface area contributed by atoms with E-state index in [9.17, 15) is 14.4 Å². The number of amides is 1. The van der Waals surface area contributed by atoms with Gasteiger partial charge in [0.15, 0.2) is 0 Å². The second-order valence-electron chi connectivity index (χ2n) is 12.4. The monoisotopic (exact) mass is 677 g/mol. The fourth-order valence-electron chi connectivity index (χ4n) is 5.51. The van der Waals surface area contributed by atoms with Crippen molar-refractivity contribution in [3.63, 3.8) is 0 Å². The van der Waals surface area contributed by atoms with Gasteiger partial charge in [-0.3, -0.25) is 19.3 Å². The van der Waals surface area contributed by atoms with Crippen LogP contribution < -0.4 is 15.6 Å². The molecule has 12 heteroatoms. The number of nitrogens with one attached hydrogen (secondary N) is 1. The number of esters is 1. The van der Waals surface area contributed by atoms with Crippen LogP contribution in [0.3, 0.4) is 0 Å². The quantitative estimate of drug-likeness (QED) is 0.207. The molecule has 0 aliphatic carbocycles. The molecule has 3 heterocycles. The van der Waals surface area contributed by atoms with E-state index >= 15 is 0 Å². The van der Waals surface area contributed by atoms with Crippen LogP contribution in [0.25, 0.3) is 22.4 Å². The normalized spacial score (nSPS) is 14.1. The van der Waals surface area contributed by atoms with Gasteiger partial charge in [-0.25, -0.2) is 9.67 Å². The number of halogens is 2. The molecule has 0 unspecified atom stereocenters. The number of anilines is 1. The number of carbonyl (C=O) groups excluding carboxylic acids is 2. The molecule has 0 saturated carbocycles.